The predicted molar refractivity (Wildman–Crippen MR) is 126 cm³/mol. The second-order valence-corrected chi connectivity index (χ2v) is 7.80. The molecule has 0 bridgehead atoms. The van der Waals surface area contributed by atoms with E-state index in [2.05, 4.69) is 10.1 Å². The largest absolute Gasteiger partial charge is 0.493 e. The fourth-order valence-corrected chi connectivity index (χ4v) is 3.62. The van der Waals surface area contributed by atoms with Crippen molar-refractivity contribution in [1.82, 2.24) is 10.2 Å². The highest BCUT2D eigenvalue weighted by Crippen LogP contribution is 2.34. The number of ether oxygens (including phenoxy) is 3. The number of nitrogens with one attached hydrogen (secondary N) is 1. The van der Waals surface area contributed by atoms with Crippen molar-refractivity contribution >= 4 is 35.6 Å². The van der Waals surface area contributed by atoms with Crippen LogP contribution >= 0.6 is 11.6 Å². The van der Waals surface area contributed by atoms with Gasteiger partial charge in [0.2, 0.25) is 5.76 Å². The number of hydrogen-bond donors (Lipinski definition) is 1. The third-order valence-electron chi connectivity index (χ3n) is 5.18. The Kier molecular flexibility index (Phi) is 7.07. The fraction of sp³-hybridized carbons (Fsp3) is 0.160. The number of amides is 3. The van der Waals surface area contributed by atoms with Gasteiger partial charge in [0.1, 0.15) is 18.1 Å². The Morgan fingerprint density at radius 2 is 1.89 bits per heavy atom. The summed E-state index contributed by atoms with van der Waals surface area (Å²) >= 11 is 6.23. The van der Waals surface area contributed by atoms with Crippen LogP contribution in [0.5, 0.6) is 11.5 Å². The van der Waals surface area contributed by atoms with Gasteiger partial charge in [0, 0.05) is 16.1 Å². The highest BCUT2D eigenvalue weighted by Gasteiger charge is 2.34. The van der Waals surface area contributed by atoms with Crippen LogP contribution in [0.2, 0.25) is 5.02 Å². The molecular weight excluding hydrogens is 476 g/mol. The number of imide groups is 1. The van der Waals surface area contributed by atoms with E-state index in [1.165, 1.54) is 32.4 Å². The smallest absolute Gasteiger partial charge is 0.373 e. The summed E-state index contributed by atoms with van der Waals surface area (Å²) in [6, 6.07) is 14.8. The zero-order chi connectivity index (χ0) is 24.9. The van der Waals surface area contributed by atoms with E-state index < -0.39 is 17.9 Å². The molecule has 1 aliphatic heterocycles. The van der Waals surface area contributed by atoms with Crippen LogP contribution in [-0.4, -0.2) is 37.0 Å². The Morgan fingerprint density at radius 1 is 1.09 bits per heavy atom. The monoisotopic (exact) mass is 496 g/mol. The Morgan fingerprint density at radius 3 is 2.63 bits per heavy atom. The number of nitrogens with zero attached hydrogens (tertiary/aromatic N) is 1. The fourth-order valence-electron chi connectivity index (χ4n) is 3.43. The van der Waals surface area contributed by atoms with Crippen molar-refractivity contribution in [3.63, 3.8) is 0 Å². The van der Waals surface area contributed by atoms with E-state index in [0.29, 0.717) is 22.1 Å². The highest BCUT2D eigenvalue weighted by atomic mass is 35.5. The summed E-state index contributed by atoms with van der Waals surface area (Å²) in [7, 11) is 2.73. The molecule has 35 heavy (non-hydrogen) atoms. The molecule has 10 heteroatoms. The van der Waals surface area contributed by atoms with Gasteiger partial charge in [-0.1, -0.05) is 41.9 Å². The molecule has 1 N–H and O–H groups in total. The van der Waals surface area contributed by atoms with Crippen LogP contribution in [0.1, 0.15) is 27.4 Å². The van der Waals surface area contributed by atoms with E-state index in [0.717, 1.165) is 10.5 Å². The number of halogens is 1. The van der Waals surface area contributed by atoms with Crippen LogP contribution in [0.3, 0.4) is 0 Å². The molecule has 9 nitrogen and oxygen atoms in total. The second kappa shape index (κ2) is 10.4. The lowest BCUT2D eigenvalue weighted by atomic mass is 10.1. The number of benzene rings is 2. The van der Waals surface area contributed by atoms with Gasteiger partial charge in [-0.2, -0.15) is 0 Å². The van der Waals surface area contributed by atoms with Crippen LogP contribution in [0, 0.1) is 0 Å². The summed E-state index contributed by atoms with van der Waals surface area (Å²) < 4.78 is 21.4. The lowest BCUT2D eigenvalue weighted by Gasteiger charge is -2.14. The van der Waals surface area contributed by atoms with Crippen LogP contribution < -0.4 is 14.8 Å². The number of urea groups is 1. The average molecular weight is 497 g/mol. The molecule has 1 aromatic heterocycles. The van der Waals surface area contributed by atoms with Crippen molar-refractivity contribution in [2.45, 2.75) is 13.2 Å². The number of furan rings is 1. The van der Waals surface area contributed by atoms with Crippen molar-refractivity contribution < 1.29 is 33.0 Å². The Bertz CT molecular complexity index is 1310. The van der Waals surface area contributed by atoms with E-state index in [-0.39, 0.29) is 30.4 Å². The third kappa shape index (κ3) is 5.15. The molecule has 0 unspecified atom stereocenters. The minimum Gasteiger partial charge on any atom is -0.493 e. The zero-order valence-corrected chi connectivity index (χ0v) is 19.6. The first-order valence-corrected chi connectivity index (χ1v) is 10.8. The van der Waals surface area contributed by atoms with E-state index in [1.54, 1.807) is 24.3 Å². The first-order chi connectivity index (χ1) is 16.9. The number of para-hydroxylation sites is 1. The number of methoxy groups -OCH3 is 2. The molecule has 0 saturated carbocycles. The molecule has 4 rings (SSSR count). The van der Waals surface area contributed by atoms with Crippen LogP contribution in [0.4, 0.5) is 4.79 Å². The van der Waals surface area contributed by atoms with Gasteiger partial charge in [0.15, 0.2) is 11.5 Å². The quantitative estimate of drug-likeness (QED) is 0.280. The molecule has 0 atom stereocenters. The molecule has 3 amide bonds. The first-order valence-electron chi connectivity index (χ1n) is 10.5. The highest BCUT2D eigenvalue weighted by molar-refractivity contribution is 6.31. The number of hydrogen-bond acceptors (Lipinski definition) is 7. The Balaban J connectivity index is 1.56. The number of rotatable bonds is 8. The van der Waals surface area contributed by atoms with Crippen molar-refractivity contribution in [1.29, 1.82) is 0 Å². The van der Waals surface area contributed by atoms with Crippen molar-refractivity contribution in [3.05, 3.63) is 88.0 Å². The van der Waals surface area contributed by atoms with Crippen molar-refractivity contribution in [3.8, 4) is 11.5 Å². The second-order valence-electron chi connectivity index (χ2n) is 7.40. The molecule has 0 aliphatic carbocycles. The number of carbonyl (C=O) groups excluding carboxylic acids is 3. The molecule has 0 spiro atoms. The normalized spacial score (nSPS) is 14.3. The van der Waals surface area contributed by atoms with Crippen molar-refractivity contribution in [2.75, 3.05) is 14.2 Å². The lowest BCUT2D eigenvalue weighted by Crippen LogP contribution is -2.30. The van der Waals surface area contributed by atoms with Gasteiger partial charge in [0.05, 0.1) is 20.8 Å². The van der Waals surface area contributed by atoms with Crippen LogP contribution in [0.15, 0.2) is 64.7 Å². The van der Waals surface area contributed by atoms with Gasteiger partial charge < -0.3 is 23.9 Å². The van der Waals surface area contributed by atoms with E-state index >= 15 is 0 Å². The van der Waals surface area contributed by atoms with Gasteiger partial charge in [-0.05, 0) is 30.3 Å². The van der Waals surface area contributed by atoms with Gasteiger partial charge in [-0.15, -0.1) is 0 Å². The Hall–Kier alpha value is -4.24. The van der Waals surface area contributed by atoms with E-state index in [1.807, 2.05) is 18.2 Å². The maximum absolute atomic E-state index is 13.0. The van der Waals surface area contributed by atoms with E-state index in [9.17, 15) is 14.4 Å². The number of carbonyl (C=O) groups is 3. The first kappa shape index (κ1) is 23.9. The predicted octanol–water partition coefficient (Wildman–Crippen LogP) is 4.40. The standard InChI is InChI=1S/C25H21ClN2O7/c1-32-20-9-5-7-15(22(20)34-14-16-6-3-4-8-18(16)26)12-19-23(29)28(25(31)27-19)13-17-10-11-21(35-17)24(30)33-2/h3-12H,13-14H2,1-2H3,(H,27,31). The lowest BCUT2D eigenvalue weighted by molar-refractivity contribution is -0.123. The summed E-state index contributed by atoms with van der Waals surface area (Å²) in [6.45, 7) is 0.0106. The van der Waals surface area contributed by atoms with Crippen LogP contribution in [-0.2, 0) is 22.7 Å². The molecule has 3 aromatic rings. The molecular formula is C25H21ClN2O7. The summed E-state index contributed by atoms with van der Waals surface area (Å²) in [5.41, 5.74) is 1.35. The molecule has 1 saturated heterocycles. The molecule has 2 aromatic carbocycles. The maximum atomic E-state index is 13.0. The SMILES string of the molecule is COC(=O)c1ccc(CN2C(=O)NC(=Cc3cccc(OC)c3OCc3ccccc3Cl)C2=O)o1. The summed E-state index contributed by atoms with van der Waals surface area (Å²) in [5, 5.41) is 3.12. The van der Waals surface area contributed by atoms with E-state index in [4.69, 9.17) is 25.5 Å². The average Bonchev–Trinajstić information content (AvgIpc) is 3.44. The molecule has 1 fully saturated rings. The molecule has 2 heterocycles. The minimum atomic E-state index is -0.656. The van der Waals surface area contributed by atoms with Crippen LogP contribution in [0.25, 0.3) is 6.08 Å². The minimum absolute atomic E-state index is 0.0259. The zero-order valence-electron chi connectivity index (χ0n) is 18.9. The summed E-state index contributed by atoms with van der Waals surface area (Å²) in [6.07, 6.45) is 1.51. The number of esters is 1. The summed E-state index contributed by atoms with van der Waals surface area (Å²) in [5.74, 6) is -0.160. The molecule has 1 aliphatic rings. The topological polar surface area (TPSA) is 107 Å². The summed E-state index contributed by atoms with van der Waals surface area (Å²) in [4.78, 5) is 38.0. The van der Waals surface area contributed by atoms with Gasteiger partial charge in [-0.25, -0.2) is 9.59 Å². The van der Waals surface area contributed by atoms with Gasteiger partial charge in [0.25, 0.3) is 5.91 Å². The third-order valence-corrected chi connectivity index (χ3v) is 5.55. The van der Waals surface area contributed by atoms with Gasteiger partial charge >= 0.3 is 12.0 Å². The molecule has 180 valence electrons. The van der Waals surface area contributed by atoms with Crippen molar-refractivity contribution in [2.24, 2.45) is 0 Å². The van der Waals surface area contributed by atoms with Gasteiger partial charge in [-0.3, -0.25) is 9.69 Å². The molecule has 0 radical (unpaired) electrons. The maximum Gasteiger partial charge on any atom is 0.373 e. The Labute approximate surface area is 205 Å².